The monoisotopic (exact) mass is 344 g/mol. The third-order valence-corrected chi connectivity index (χ3v) is 6.30. The van der Waals surface area contributed by atoms with Crippen LogP contribution in [-0.4, -0.2) is 16.8 Å². The number of rotatable bonds is 3. The number of halogens is 1. The van der Waals surface area contributed by atoms with Crippen LogP contribution in [0.1, 0.15) is 11.1 Å². The van der Waals surface area contributed by atoms with Crippen molar-refractivity contribution in [1.29, 1.82) is 0 Å². The first kappa shape index (κ1) is 16.0. The van der Waals surface area contributed by atoms with Crippen LogP contribution in [0.4, 0.5) is 0 Å². The third kappa shape index (κ3) is 3.28. The lowest BCUT2D eigenvalue weighted by atomic mass is 10.2. The number of hydrogen-bond donors (Lipinski definition) is 0. The molecule has 0 saturated carbocycles. The summed E-state index contributed by atoms with van der Waals surface area (Å²) in [4.78, 5) is -0.191. The van der Waals surface area contributed by atoms with Gasteiger partial charge in [0.15, 0.2) is 0 Å². The number of aryl methyl sites for hydroxylation is 2. The van der Waals surface area contributed by atoms with E-state index in [1.807, 2.05) is 6.92 Å². The zero-order valence-corrected chi connectivity index (χ0v) is 13.8. The van der Waals surface area contributed by atoms with E-state index in [2.05, 4.69) is 0 Å². The summed E-state index contributed by atoms with van der Waals surface area (Å²) in [5.41, 5.74) is 1.33. The molecule has 2 aromatic carbocycles. The molecule has 0 spiro atoms. The van der Waals surface area contributed by atoms with Crippen molar-refractivity contribution in [2.45, 2.75) is 28.5 Å². The highest BCUT2D eigenvalue weighted by atomic mass is 35.7. The van der Waals surface area contributed by atoms with E-state index in [0.29, 0.717) is 5.56 Å². The number of hydrogen-bond acceptors (Lipinski definition) is 4. The Morgan fingerprint density at radius 2 is 1.33 bits per heavy atom. The van der Waals surface area contributed by atoms with Gasteiger partial charge in [0.2, 0.25) is 9.84 Å². The van der Waals surface area contributed by atoms with Gasteiger partial charge in [-0.05, 0) is 43.7 Å². The molecule has 0 unspecified atom stereocenters. The largest absolute Gasteiger partial charge is 0.261 e. The van der Waals surface area contributed by atoms with Gasteiger partial charge in [-0.2, -0.15) is 0 Å². The Morgan fingerprint density at radius 1 is 0.810 bits per heavy atom. The minimum absolute atomic E-state index is 0.101. The van der Waals surface area contributed by atoms with Gasteiger partial charge >= 0.3 is 0 Å². The van der Waals surface area contributed by atoms with Crippen LogP contribution in [0.5, 0.6) is 0 Å². The average molecular weight is 345 g/mol. The van der Waals surface area contributed by atoms with Crippen LogP contribution in [0.3, 0.4) is 0 Å². The summed E-state index contributed by atoms with van der Waals surface area (Å²) in [5, 5.41) is 0. The van der Waals surface area contributed by atoms with Gasteiger partial charge in [0.1, 0.15) is 0 Å². The third-order valence-electron chi connectivity index (χ3n) is 3.06. The second-order valence-electron chi connectivity index (χ2n) is 4.68. The zero-order chi connectivity index (χ0) is 15.8. The van der Waals surface area contributed by atoms with Gasteiger partial charge in [0.25, 0.3) is 9.05 Å². The lowest BCUT2D eigenvalue weighted by Crippen LogP contribution is -2.04. The molecule has 0 saturated heterocycles. The smallest absolute Gasteiger partial charge is 0.219 e. The molecule has 112 valence electrons. The Labute approximate surface area is 128 Å². The lowest BCUT2D eigenvalue weighted by Gasteiger charge is -2.08. The summed E-state index contributed by atoms with van der Waals surface area (Å²) in [7, 11) is -2.45. The molecule has 0 atom stereocenters. The highest BCUT2D eigenvalue weighted by Crippen LogP contribution is 2.27. The highest BCUT2D eigenvalue weighted by Gasteiger charge is 2.21. The fourth-order valence-corrected chi connectivity index (χ4v) is 4.44. The van der Waals surface area contributed by atoms with Gasteiger partial charge in [0, 0.05) is 10.7 Å². The van der Waals surface area contributed by atoms with Crippen molar-refractivity contribution in [3.8, 4) is 0 Å². The normalized spacial score (nSPS) is 12.3. The molecule has 0 aromatic heterocycles. The molecule has 21 heavy (non-hydrogen) atoms. The molecule has 0 aliphatic rings. The van der Waals surface area contributed by atoms with Crippen LogP contribution in [-0.2, 0) is 18.9 Å². The quantitative estimate of drug-likeness (QED) is 0.802. The van der Waals surface area contributed by atoms with E-state index in [1.54, 1.807) is 19.1 Å². The van der Waals surface area contributed by atoms with Crippen molar-refractivity contribution in [2.24, 2.45) is 0 Å². The molecular formula is C14H13ClO4S2. The first-order valence-electron chi connectivity index (χ1n) is 5.99. The maximum atomic E-state index is 12.5. The van der Waals surface area contributed by atoms with E-state index < -0.39 is 18.9 Å². The average Bonchev–Trinajstić information content (AvgIpc) is 2.38. The molecule has 0 bridgehead atoms. The van der Waals surface area contributed by atoms with Crippen molar-refractivity contribution < 1.29 is 16.8 Å². The maximum Gasteiger partial charge on any atom is 0.261 e. The van der Waals surface area contributed by atoms with Gasteiger partial charge in [-0.1, -0.05) is 23.8 Å². The molecule has 0 amide bonds. The Bertz CT molecular complexity index is 883. The Hall–Kier alpha value is -1.37. The van der Waals surface area contributed by atoms with E-state index in [9.17, 15) is 16.8 Å². The zero-order valence-electron chi connectivity index (χ0n) is 11.4. The van der Waals surface area contributed by atoms with Crippen LogP contribution >= 0.6 is 10.7 Å². The molecule has 0 aliphatic carbocycles. The minimum atomic E-state index is -4.00. The van der Waals surface area contributed by atoms with E-state index in [1.165, 1.54) is 24.3 Å². The lowest BCUT2D eigenvalue weighted by molar-refractivity contribution is 0.595. The second kappa shape index (κ2) is 5.44. The molecule has 2 rings (SSSR count). The fraction of sp³-hybridized carbons (Fsp3) is 0.143. The van der Waals surface area contributed by atoms with E-state index in [-0.39, 0.29) is 14.7 Å². The van der Waals surface area contributed by atoms with Crippen LogP contribution in [0.15, 0.2) is 57.2 Å². The van der Waals surface area contributed by atoms with Crippen molar-refractivity contribution in [3.63, 3.8) is 0 Å². The maximum absolute atomic E-state index is 12.5. The fourth-order valence-electron chi connectivity index (χ4n) is 1.86. The Morgan fingerprint density at radius 3 is 1.86 bits per heavy atom. The second-order valence-corrected chi connectivity index (χ2v) is 9.17. The molecule has 0 N–H and O–H groups in total. The van der Waals surface area contributed by atoms with Crippen molar-refractivity contribution in [3.05, 3.63) is 53.6 Å². The van der Waals surface area contributed by atoms with Crippen molar-refractivity contribution in [1.82, 2.24) is 0 Å². The Balaban J connectivity index is 2.64. The summed E-state index contributed by atoms with van der Waals surface area (Å²) in [6, 6.07) is 10.2. The standard InChI is InChI=1S/C14H13ClO4S2/c1-10-3-6-12(7-4-10)20(16,17)13-8-5-11(2)14(9-13)21(15,18)19/h3-9H,1-2H3. The van der Waals surface area contributed by atoms with Gasteiger partial charge in [-0.15, -0.1) is 0 Å². The summed E-state index contributed by atoms with van der Waals surface area (Å²) in [6.45, 7) is 3.40. The molecule has 2 aromatic rings. The predicted molar refractivity (Wildman–Crippen MR) is 80.8 cm³/mol. The Kier molecular flexibility index (Phi) is 4.15. The van der Waals surface area contributed by atoms with Crippen LogP contribution < -0.4 is 0 Å². The van der Waals surface area contributed by atoms with E-state index >= 15 is 0 Å². The molecular weight excluding hydrogens is 332 g/mol. The summed E-state index contributed by atoms with van der Waals surface area (Å²) < 4.78 is 48.0. The van der Waals surface area contributed by atoms with E-state index in [4.69, 9.17) is 10.7 Å². The van der Waals surface area contributed by atoms with Gasteiger partial charge < -0.3 is 0 Å². The summed E-state index contributed by atoms with van der Waals surface area (Å²) >= 11 is 0. The van der Waals surface area contributed by atoms with Crippen LogP contribution in [0.2, 0.25) is 0 Å². The van der Waals surface area contributed by atoms with Crippen molar-refractivity contribution >= 4 is 29.6 Å². The molecule has 0 radical (unpaired) electrons. The molecule has 7 heteroatoms. The molecule has 0 fully saturated rings. The van der Waals surface area contributed by atoms with Crippen LogP contribution in [0, 0.1) is 13.8 Å². The molecule has 0 heterocycles. The molecule has 4 nitrogen and oxygen atoms in total. The first-order chi connectivity index (χ1) is 9.62. The first-order valence-corrected chi connectivity index (χ1v) is 9.79. The summed E-state index contributed by atoms with van der Waals surface area (Å²) in [5.74, 6) is 0. The SMILES string of the molecule is Cc1ccc(S(=O)(=O)c2ccc(C)c(S(=O)(=O)Cl)c2)cc1. The number of benzene rings is 2. The van der Waals surface area contributed by atoms with Gasteiger partial charge in [0.05, 0.1) is 14.7 Å². The summed E-state index contributed by atoms with van der Waals surface area (Å²) in [6.07, 6.45) is 0. The predicted octanol–water partition coefficient (Wildman–Crippen LogP) is 3.06. The van der Waals surface area contributed by atoms with E-state index in [0.717, 1.165) is 11.6 Å². The highest BCUT2D eigenvalue weighted by molar-refractivity contribution is 8.13. The topological polar surface area (TPSA) is 68.3 Å². The van der Waals surface area contributed by atoms with Crippen LogP contribution in [0.25, 0.3) is 0 Å². The number of sulfone groups is 1. The van der Waals surface area contributed by atoms with Gasteiger partial charge in [-0.3, -0.25) is 0 Å². The molecule has 0 aliphatic heterocycles. The van der Waals surface area contributed by atoms with Crippen molar-refractivity contribution in [2.75, 3.05) is 0 Å². The van der Waals surface area contributed by atoms with Gasteiger partial charge in [-0.25, -0.2) is 16.8 Å². The minimum Gasteiger partial charge on any atom is -0.219 e.